The van der Waals surface area contributed by atoms with Crippen LogP contribution in [0.5, 0.6) is 0 Å². The number of guanidine groups is 1. The maximum Gasteiger partial charge on any atom is 0.243 e. The van der Waals surface area contributed by atoms with Crippen molar-refractivity contribution in [3.63, 3.8) is 0 Å². The number of ether oxygens (including phenoxy) is 1. The van der Waals surface area contributed by atoms with Crippen LogP contribution in [-0.2, 0) is 9.53 Å². The molecule has 0 saturated heterocycles. The van der Waals surface area contributed by atoms with E-state index in [4.69, 9.17) is 4.74 Å². The van der Waals surface area contributed by atoms with Crippen molar-refractivity contribution in [3.05, 3.63) is 35.9 Å². The first-order chi connectivity index (χ1) is 12.4. The van der Waals surface area contributed by atoms with Crippen LogP contribution in [-0.4, -0.2) is 57.2 Å². The molecule has 6 heteroatoms. The molecule has 0 aliphatic heterocycles. The van der Waals surface area contributed by atoms with Crippen LogP contribution >= 0.6 is 0 Å². The first kappa shape index (κ1) is 22.0. The number of benzene rings is 1. The van der Waals surface area contributed by atoms with Crippen LogP contribution in [0.25, 0.3) is 0 Å². The molecule has 1 aromatic carbocycles. The lowest BCUT2D eigenvalue weighted by Gasteiger charge is -2.19. The van der Waals surface area contributed by atoms with E-state index in [0.29, 0.717) is 18.5 Å². The summed E-state index contributed by atoms with van der Waals surface area (Å²) in [6, 6.07) is 10.3. The zero-order valence-corrected chi connectivity index (χ0v) is 16.8. The molecule has 0 radical (unpaired) electrons. The summed E-state index contributed by atoms with van der Waals surface area (Å²) in [5.41, 5.74) is 1.17. The SMILES string of the molecule is CC(C)COCCCNC(=NCC(=O)N(C)C)NC(C)c1ccccc1. The number of carbonyl (C=O) groups excluding carboxylic acids is 1. The number of carbonyl (C=O) groups is 1. The summed E-state index contributed by atoms with van der Waals surface area (Å²) in [6.07, 6.45) is 0.884. The highest BCUT2D eigenvalue weighted by molar-refractivity contribution is 5.85. The van der Waals surface area contributed by atoms with E-state index in [9.17, 15) is 4.79 Å². The fourth-order valence-electron chi connectivity index (χ4n) is 2.17. The van der Waals surface area contributed by atoms with Crippen LogP contribution in [0.15, 0.2) is 35.3 Å². The van der Waals surface area contributed by atoms with E-state index in [1.165, 1.54) is 5.56 Å². The molecule has 0 aliphatic carbocycles. The maximum atomic E-state index is 11.8. The third-order valence-corrected chi connectivity index (χ3v) is 3.73. The second-order valence-electron chi connectivity index (χ2n) is 6.98. The molecule has 1 rings (SSSR count). The molecule has 1 unspecified atom stereocenters. The second-order valence-corrected chi connectivity index (χ2v) is 6.98. The Morgan fingerprint density at radius 3 is 2.50 bits per heavy atom. The Bertz CT molecular complexity index is 544. The van der Waals surface area contributed by atoms with Crippen molar-refractivity contribution >= 4 is 11.9 Å². The Morgan fingerprint density at radius 2 is 1.88 bits per heavy atom. The van der Waals surface area contributed by atoms with Gasteiger partial charge in [-0.25, -0.2) is 4.99 Å². The Labute approximate surface area is 158 Å². The van der Waals surface area contributed by atoms with E-state index in [1.54, 1.807) is 19.0 Å². The van der Waals surface area contributed by atoms with Crippen molar-refractivity contribution in [3.8, 4) is 0 Å². The van der Waals surface area contributed by atoms with Crippen molar-refractivity contribution < 1.29 is 9.53 Å². The lowest BCUT2D eigenvalue weighted by molar-refractivity contribution is -0.127. The van der Waals surface area contributed by atoms with Crippen molar-refractivity contribution in [2.45, 2.75) is 33.2 Å². The summed E-state index contributed by atoms with van der Waals surface area (Å²) in [6.45, 7) is 8.70. The predicted octanol–water partition coefficient (Wildman–Crippen LogP) is 2.43. The van der Waals surface area contributed by atoms with Gasteiger partial charge in [-0.15, -0.1) is 0 Å². The van der Waals surface area contributed by atoms with E-state index < -0.39 is 0 Å². The molecule has 1 atom stereocenters. The third kappa shape index (κ3) is 9.42. The molecule has 1 amide bonds. The molecule has 0 heterocycles. The number of amides is 1. The number of aliphatic imine (C=N–C) groups is 1. The molecule has 0 bridgehead atoms. The zero-order chi connectivity index (χ0) is 19.4. The quantitative estimate of drug-likeness (QED) is 0.381. The van der Waals surface area contributed by atoms with Gasteiger partial charge < -0.3 is 20.3 Å². The van der Waals surface area contributed by atoms with E-state index in [2.05, 4.69) is 48.5 Å². The molecule has 0 saturated carbocycles. The van der Waals surface area contributed by atoms with Crippen molar-refractivity contribution in [2.75, 3.05) is 40.4 Å². The molecule has 26 heavy (non-hydrogen) atoms. The fraction of sp³-hybridized carbons (Fsp3) is 0.600. The van der Waals surface area contributed by atoms with Gasteiger partial charge in [-0.2, -0.15) is 0 Å². The normalized spacial score (nSPS) is 12.8. The van der Waals surface area contributed by atoms with Gasteiger partial charge in [-0.05, 0) is 24.8 Å². The maximum absolute atomic E-state index is 11.8. The van der Waals surface area contributed by atoms with Gasteiger partial charge in [0.2, 0.25) is 5.91 Å². The molecular formula is C20H34N4O2. The first-order valence-electron chi connectivity index (χ1n) is 9.27. The standard InChI is InChI=1S/C20H34N4O2/c1-16(2)15-26-13-9-12-21-20(22-14-19(25)24(4)5)23-17(3)18-10-7-6-8-11-18/h6-8,10-11,16-17H,9,12-15H2,1-5H3,(H2,21,22,23). The van der Waals surface area contributed by atoms with Gasteiger partial charge in [-0.1, -0.05) is 44.2 Å². The highest BCUT2D eigenvalue weighted by atomic mass is 16.5. The lowest BCUT2D eigenvalue weighted by atomic mass is 10.1. The van der Waals surface area contributed by atoms with E-state index in [0.717, 1.165) is 19.6 Å². The average molecular weight is 363 g/mol. The van der Waals surface area contributed by atoms with Crippen LogP contribution < -0.4 is 10.6 Å². The topological polar surface area (TPSA) is 66.0 Å². The van der Waals surface area contributed by atoms with Crippen LogP contribution in [0.3, 0.4) is 0 Å². The molecule has 146 valence electrons. The van der Waals surface area contributed by atoms with E-state index in [-0.39, 0.29) is 18.5 Å². The van der Waals surface area contributed by atoms with Gasteiger partial charge in [-0.3, -0.25) is 4.79 Å². The second kappa shape index (κ2) is 12.3. The molecular weight excluding hydrogens is 328 g/mol. The predicted molar refractivity (Wildman–Crippen MR) is 107 cm³/mol. The number of nitrogens with zero attached hydrogens (tertiary/aromatic N) is 2. The van der Waals surface area contributed by atoms with Crippen molar-refractivity contribution in [2.24, 2.45) is 10.9 Å². The van der Waals surface area contributed by atoms with E-state index in [1.807, 2.05) is 18.2 Å². The van der Waals surface area contributed by atoms with Gasteiger partial charge in [0, 0.05) is 33.9 Å². The van der Waals surface area contributed by atoms with Gasteiger partial charge >= 0.3 is 0 Å². The van der Waals surface area contributed by atoms with Crippen LogP contribution in [0.2, 0.25) is 0 Å². The van der Waals surface area contributed by atoms with Gasteiger partial charge in [0.05, 0.1) is 6.04 Å². The minimum atomic E-state index is -0.0290. The smallest absolute Gasteiger partial charge is 0.243 e. The summed E-state index contributed by atoms with van der Waals surface area (Å²) >= 11 is 0. The summed E-state index contributed by atoms with van der Waals surface area (Å²) in [4.78, 5) is 17.8. The molecule has 6 nitrogen and oxygen atoms in total. The Kier molecular flexibility index (Phi) is 10.4. The molecule has 0 fully saturated rings. The number of rotatable bonds is 10. The zero-order valence-electron chi connectivity index (χ0n) is 16.8. The molecule has 2 N–H and O–H groups in total. The van der Waals surface area contributed by atoms with E-state index >= 15 is 0 Å². The minimum Gasteiger partial charge on any atom is -0.381 e. The molecule has 0 spiro atoms. The average Bonchev–Trinajstić information content (AvgIpc) is 2.62. The molecule has 1 aromatic rings. The van der Waals surface area contributed by atoms with Gasteiger partial charge in [0.25, 0.3) is 0 Å². The Morgan fingerprint density at radius 1 is 1.19 bits per heavy atom. The Balaban J connectivity index is 2.55. The van der Waals surface area contributed by atoms with Gasteiger partial charge in [0.15, 0.2) is 5.96 Å². The molecule has 0 aromatic heterocycles. The number of hydrogen-bond donors (Lipinski definition) is 2. The molecule has 0 aliphatic rings. The summed E-state index contributed by atoms with van der Waals surface area (Å²) < 4.78 is 5.60. The number of hydrogen-bond acceptors (Lipinski definition) is 3. The number of likely N-dealkylation sites (N-methyl/N-ethyl adjacent to an activating group) is 1. The lowest BCUT2D eigenvalue weighted by Crippen LogP contribution is -2.40. The fourth-order valence-corrected chi connectivity index (χ4v) is 2.17. The van der Waals surface area contributed by atoms with Crippen molar-refractivity contribution in [1.29, 1.82) is 0 Å². The highest BCUT2D eigenvalue weighted by Crippen LogP contribution is 2.10. The Hall–Kier alpha value is -2.08. The van der Waals surface area contributed by atoms with Crippen molar-refractivity contribution in [1.82, 2.24) is 15.5 Å². The summed E-state index contributed by atoms with van der Waals surface area (Å²) in [5.74, 6) is 1.16. The highest BCUT2D eigenvalue weighted by Gasteiger charge is 2.09. The monoisotopic (exact) mass is 362 g/mol. The minimum absolute atomic E-state index is 0.0290. The van der Waals surface area contributed by atoms with Crippen LogP contribution in [0.4, 0.5) is 0 Å². The van der Waals surface area contributed by atoms with Gasteiger partial charge in [0.1, 0.15) is 6.54 Å². The summed E-state index contributed by atoms with van der Waals surface area (Å²) in [7, 11) is 3.47. The largest absolute Gasteiger partial charge is 0.381 e. The summed E-state index contributed by atoms with van der Waals surface area (Å²) in [5, 5.41) is 6.65. The number of nitrogens with one attached hydrogen (secondary N) is 2. The first-order valence-corrected chi connectivity index (χ1v) is 9.27. The third-order valence-electron chi connectivity index (χ3n) is 3.73. The van der Waals surface area contributed by atoms with Crippen LogP contribution in [0.1, 0.15) is 38.8 Å². The van der Waals surface area contributed by atoms with Crippen LogP contribution in [0, 0.1) is 5.92 Å².